The van der Waals surface area contributed by atoms with Crippen LogP contribution in [-0.2, 0) is 11.2 Å². The Hall–Kier alpha value is -2.49. The molecule has 0 fully saturated rings. The number of phenolic OH excluding ortho intramolecular Hbond substituents is 1. The van der Waals surface area contributed by atoms with Crippen molar-refractivity contribution in [2.45, 2.75) is 39.5 Å². The highest BCUT2D eigenvalue weighted by atomic mass is 16.5. The van der Waals surface area contributed by atoms with Crippen molar-refractivity contribution in [2.75, 3.05) is 7.11 Å². The molecule has 24 heavy (non-hydrogen) atoms. The minimum atomic E-state index is -0.965. The van der Waals surface area contributed by atoms with Gasteiger partial charge < -0.3 is 14.9 Å². The predicted molar refractivity (Wildman–Crippen MR) is 96.7 cm³/mol. The van der Waals surface area contributed by atoms with E-state index in [4.69, 9.17) is 4.74 Å². The molecule has 0 aliphatic heterocycles. The summed E-state index contributed by atoms with van der Waals surface area (Å²) in [5.74, 6) is -0.488. The van der Waals surface area contributed by atoms with E-state index >= 15 is 0 Å². The summed E-state index contributed by atoms with van der Waals surface area (Å²) in [6, 6.07) is 7.57. The number of aliphatic carboxylic acids is 1. The second-order valence-electron chi connectivity index (χ2n) is 5.78. The van der Waals surface area contributed by atoms with Gasteiger partial charge in [0.15, 0.2) is 11.5 Å². The third-order valence-electron chi connectivity index (χ3n) is 4.23. The van der Waals surface area contributed by atoms with E-state index in [2.05, 4.69) is 6.92 Å². The number of allylic oxidation sites excluding steroid dienone is 1. The van der Waals surface area contributed by atoms with Crippen LogP contribution >= 0.6 is 0 Å². The van der Waals surface area contributed by atoms with Crippen molar-refractivity contribution in [3.8, 4) is 11.5 Å². The van der Waals surface area contributed by atoms with Gasteiger partial charge in [0.2, 0.25) is 0 Å². The maximum atomic E-state index is 11.3. The molecule has 4 heteroatoms. The molecule has 0 unspecified atom stereocenters. The average Bonchev–Trinajstić information content (AvgIpc) is 2.58. The smallest absolute Gasteiger partial charge is 0.328 e. The topological polar surface area (TPSA) is 66.8 Å². The Morgan fingerprint density at radius 3 is 2.62 bits per heavy atom. The molecule has 0 atom stereocenters. The molecule has 2 aromatic rings. The Morgan fingerprint density at radius 2 is 2.04 bits per heavy atom. The van der Waals surface area contributed by atoms with E-state index in [1.54, 1.807) is 6.07 Å². The van der Waals surface area contributed by atoms with Gasteiger partial charge in [-0.2, -0.15) is 0 Å². The molecule has 0 radical (unpaired) electrons. The van der Waals surface area contributed by atoms with Gasteiger partial charge in [-0.05, 0) is 47.4 Å². The number of unbranched alkanes of at least 4 members (excludes halogenated alkanes) is 1. The summed E-state index contributed by atoms with van der Waals surface area (Å²) >= 11 is 0. The van der Waals surface area contributed by atoms with Gasteiger partial charge in [-0.15, -0.1) is 0 Å². The second kappa shape index (κ2) is 7.86. The number of aromatic hydroxyl groups is 1. The van der Waals surface area contributed by atoms with E-state index in [0.717, 1.165) is 46.7 Å². The van der Waals surface area contributed by atoms with Gasteiger partial charge in [-0.1, -0.05) is 38.5 Å². The summed E-state index contributed by atoms with van der Waals surface area (Å²) < 4.78 is 5.33. The molecule has 0 heterocycles. The Balaban J connectivity index is 2.81. The van der Waals surface area contributed by atoms with Crippen LogP contribution in [0.5, 0.6) is 11.5 Å². The zero-order valence-corrected chi connectivity index (χ0v) is 14.4. The van der Waals surface area contributed by atoms with Crippen LogP contribution in [0.15, 0.2) is 30.3 Å². The van der Waals surface area contributed by atoms with Gasteiger partial charge in [0, 0.05) is 11.5 Å². The Bertz CT molecular complexity index is 775. The maximum Gasteiger partial charge on any atom is 0.328 e. The molecular weight excluding hydrogens is 304 g/mol. The molecule has 2 aromatic carbocycles. The highest BCUT2D eigenvalue weighted by molar-refractivity contribution is 6.03. The Labute approximate surface area is 142 Å². The van der Waals surface area contributed by atoms with Crippen LogP contribution in [-0.4, -0.2) is 23.3 Å². The van der Waals surface area contributed by atoms with E-state index < -0.39 is 5.97 Å². The number of ether oxygens (including phenoxy) is 1. The van der Waals surface area contributed by atoms with Crippen LogP contribution in [0.3, 0.4) is 0 Å². The molecule has 0 bridgehead atoms. The lowest BCUT2D eigenvalue weighted by atomic mass is 9.91. The molecule has 0 saturated heterocycles. The van der Waals surface area contributed by atoms with E-state index in [-0.39, 0.29) is 5.75 Å². The van der Waals surface area contributed by atoms with Crippen molar-refractivity contribution in [1.82, 2.24) is 0 Å². The molecule has 0 aliphatic rings. The van der Waals surface area contributed by atoms with Crippen LogP contribution in [0.1, 0.15) is 44.2 Å². The van der Waals surface area contributed by atoms with Gasteiger partial charge in [-0.3, -0.25) is 0 Å². The molecule has 0 saturated carbocycles. The first-order valence-electron chi connectivity index (χ1n) is 8.28. The Morgan fingerprint density at radius 1 is 1.29 bits per heavy atom. The molecule has 0 spiro atoms. The first-order chi connectivity index (χ1) is 11.5. The second-order valence-corrected chi connectivity index (χ2v) is 5.78. The van der Waals surface area contributed by atoms with Crippen molar-refractivity contribution in [1.29, 1.82) is 0 Å². The molecule has 0 aromatic heterocycles. The highest BCUT2D eigenvalue weighted by Gasteiger charge is 2.17. The van der Waals surface area contributed by atoms with Crippen molar-refractivity contribution < 1.29 is 19.7 Å². The minimum absolute atomic E-state index is 0.110. The maximum absolute atomic E-state index is 11.3. The Kier molecular flexibility index (Phi) is 5.85. The monoisotopic (exact) mass is 328 g/mol. The van der Waals surface area contributed by atoms with Crippen LogP contribution in [0, 0.1) is 0 Å². The molecule has 2 rings (SSSR count). The number of fused-ring (bicyclic) bond motifs is 1. The number of hydrogen-bond donors (Lipinski definition) is 2. The third-order valence-corrected chi connectivity index (χ3v) is 4.23. The number of rotatable bonds is 7. The summed E-state index contributed by atoms with van der Waals surface area (Å²) in [5, 5.41) is 21.4. The lowest BCUT2D eigenvalue weighted by Gasteiger charge is -2.16. The van der Waals surface area contributed by atoms with Gasteiger partial charge in [0.25, 0.3) is 0 Å². The van der Waals surface area contributed by atoms with Crippen LogP contribution in [0.2, 0.25) is 0 Å². The fourth-order valence-corrected chi connectivity index (χ4v) is 3.02. The largest absolute Gasteiger partial charge is 0.504 e. The average molecular weight is 328 g/mol. The highest BCUT2D eigenvalue weighted by Crippen LogP contribution is 2.42. The third kappa shape index (κ3) is 3.53. The zero-order valence-electron chi connectivity index (χ0n) is 14.4. The summed E-state index contributed by atoms with van der Waals surface area (Å²) in [4.78, 5) is 11.3. The number of phenols is 1. The van der Waals surface area contributed by atoms with E-state index in [1.165, 1.54) is 13.2 Å². The zero-order chi connectivity index (χ0) is 17.7. The molecule has 128 valence electrons. The fourth-order valence-electron chi connectivity index (χ4n) is 3.02. The lowest BCUT2D eigenvalue weighted by Crippen LogP contribution is -1.97. The minimum Gasteiger partial charge on any atom is -0.504 e. The molecule has 2 N–H and O–H groups in total. The number of hydrogen-bond acceptors (Lipinski definition) is 3. The van der Waals surface area contributed by atoms with Gasteiger partial charge in [0.1, 0.15) is 0 Å². The number of methoxy groups -OCH3 is 1. The van der Waals surface area contributed by atoms with Crippen molar-refractivity contribution >= 4 is 22.3 Å². The normalized spacial score (nSPS) is 11.7. The van der Waals surface area contributed by atoms with E-state index in [0.29, 0.717) is 12.2 Å². The summed E-state index contributed by atoms with van der Waals surface area (Å²) in [5.41, 5.74) is 2.57. The number of carboxylic acids is 1. The van der Waals surface area contributed by atoms with Gasteiger partial charge >= 0.3 is 5.97 Å². The van der Waals surface area contributed by atoms with Gasteiger partial charge in [-0.25, -0.2) is 4.79 Å². The standard InChI is InChI=1S/C20H24O4/c1-4-6-8-14(11-18(21)22)16-12-17(24-3)20(23)19-13(5-2)9-7-10-15(16)19/h7,9-12,23H,4-6,8H2,1-3H3,(H,21,22)/b14-11-. The lowest BCUT2D eigenvalue weighted by molar-refractivity contribution is -0.131. The molecule has 0 amide bonds. The van der Waals surface area contributed by atoms with Crippen LogP contribution in [0.4, 0.5) is 0 Å². The van der Waals surface area contributed by atoms with E-state index in [1.807, 2.05) is 25.1 Å². The molecular formula is C20H24O4. The van der Waals surface area contributed by atoms with Crippen LogP contribution in [0.25, 0.3) is 16.3 Å². The van der Waals surface area contributed by atoms with Gasteiger partial charge in [0.05, 0.1) is 7.11 Å². The number of carboxylic acid groups (broad SMARTS) is 1. The number of carbonyl (C=O) groups is 1. The van der Waals surface area contributed by atoms with Crippen molar-refractivity contribution in [2.24, 2.45) is 0 Å². The van der Waals surface area contributed by atoms with Crippen LogP contribution < -0.4 is 4.74 Å². The van der Waals surface area contributed by atoms with E-state index in [9.17, 15) is 15.0 Å². The SMILES string of the molecule is CCCC/C(=C/C(=O)O)c1cc(OC)c(O)c2c(CC)cccc12. The summed E-state index contributed by atoms with van der Waals surface area (Å²) in [6.45, 7) is 4.10. The van der Waals surface area contributed by atoms with Crippen molar-refractivity contribution in [3.63, 3.8) is 0 Å². The molecule has 4 nitrogen and oxygen atoms in total. The van der Waals surface area contributed by atoms with Crippen molar-refractivity contribution in [3.05, 3.63) is 41.5 Å². The quantitative estimate of drug-likeness (QED) is 0.718. The number of benzene rings is 2. The molecule has 0 aliphatic carbocycles. The number of aryl methyl sites for hydroxylation is 1. The predicted octanol–water partition coefficient (Wildman–Crippen LogP) is 4.77. The first-order valence-corrected chi connectivity index (χ1v) is 8.28. The fraction of sp³-hybridized carbons (Fsp3) is 0.350. The summed E-state index contributed by atoms with van der Waals surface area (Å²) in [7, 11) is 1.51. The summed E-state index contributed by atoms with van der Waals surface area (Å²) in [6.07, 6.45) is 4.58. The first kappa shape index (κ1) is 17.9.